The third-order valence-electron chi connectivity index (χ3n) is 5.04. The number of anilines is 1. The number of hydrogen-bond donors (Lipinski definition) is 2. The molecule has 0 aliphatic carbocycles. The zero-order valence-electron chi connectivity index (χ0n) is 15.7. The fraction of sp³-hybridized carbons (Fsp3) is 0.429. The number of rotatable bonds is 6. The van der Waals surface area contributed by atoms with Gasteiger partial charge in [0.25, 0.3) is 0 Å². The fourth-order valence-electron chi connectivity index (χ4n) is 3.59. The summed E-state index contributed by atoms with van der Waals surface area (Å²) in [5, 5.41) is 16.1. The lowest BCUT2D eigenvalue weighted by Crippen LogP contribution is -2.30. The summed E-state index contributed by atoms with van der Waals surface area (Å²) >= 11 is 1.66. The first-order chi connectivity index (χ1) is 13.2. The fourth-order valence-corrected chi connectivity index (χ4v) is 4.55. The Morgan fingerprint density at radius 1 is 1.15 bits per heavy atom. The van der Waals surface area contributed by atoms with Crippen molar-refractivity contribution < 1.29 is 5.11 Å². The molecule has 3 heterocycles. The Morgan fingerprint density at radius 3 is 2.67 bits per heavy atom. The molecule has 1 aliphatic rings. The van der Waals surface area contributed by atoms with E-state index in [0.29, 0.717) is 0 Å². The van der Waals surface area contributed by atoms with E-state index in [1.165, 1.54) is 19.3 Å². The molecule has 2 N–H and O–H groups in total. The summed E-state index contributed by atoms with van der Waals surface area (Å²) in [6.07, 6.45) is 3.83. The molecule has 0 saturated carbocycles. The van der Waals surface area contributed by atoms with Crippen molar-refractivity contribution in [2.24, 2.45) is 0 Å². The summed E-state index contributed by atoms with van der Waals surface area (Å²) in [6.45, 7) is 5.06. The third-order valence-corrected chi connectivity index (χ3v) is 5.91. The average molecular weight is 383 g/mol. The van der Waals surface area contributed by atoms with Crippen LogP contribution in [0.5, 0.6) is 0 Å². The first-order valence-corrected chi connectivity index (χ1v) is 10.6. The number of benzene rings is 1. The summed E-state index contributed by atoms with van der Waals surface area (Å²) in [6, 6.07) is 10.3. The molecule has 1 saturated heterocycles. The molecule has 1 aromatic carbocycles. The molecule has 4 rings (SSSR count). The van der Waals surface area contributed by atoms with Crippen molar-refractivity contribution in [3.63, 3.8) is 0 Å². The van der Waals surface area contributed by atoms with Crippen molar-refractivity contribution >= 4 is 27.4 Å². The number of piperidine rings is 1. The molecule has 0 unspecified atom stereocenters. The van der Waals surface area contributed by atoms with E-state index >= 15 is 0 Å². The van der Waals surface area contributed by atoms with E-state index in [2.05, 4.69) is 27.7 Å². The van der Waals surface area contributed by atoms with E-state index < -0.39 is 0 Å². The highest BCUT2D eigenvalue weighted by atomic mass is 32.1. The largest absolute Gasteiger partial charge is 0.394 e. The Hall–Kier alpha value is -2.02. The molecule has 0 spiro atoms. The normalized spacial score (nSPS) is 16.5. The van der Waals surface area contributed by atoms with Crippen LogP contribution in [0.2, 0.25) is 0 Å². The van der Waals surface area contributed by atoms with Gasteiger partial charge in [0.05, 0.1) is 18.5 Å². The third kappa shape index (κ3) is 4.13. The maximum Gasteiger partial charge on any atom is 0.146 e. The minimum atomic E-state index is -0.0607. The first-order valence-electron chi connectivity index (χ1n) is 9.68. The maximum atomic E-state index is 9.52. The van der Waals surface area contributed by atoms with Crippen molar-refractivity contribution in [3.8, 4) is 11.1 Å². The monoisotopic (exact) mass is 382 g/mol. The zero-order chi connectivity index (χ0) is 18.6. The first kappa shape index (κ1) is 18.3. The van der Waals surface area contributed by atoms with Gasteiger partial charge in [0.1, 0.15) is 16.5 Å². The van der Waals surface area contributed by atoms with Gasteiger partial charge in [0.2, 0.25) is 0 Å². The summed E-state index contributed by atoms with van der Waals surface area (Å²) in [7, 11) is 0. The van der Waals surface area contributed by atoms with E-state index in [1.807, 2.05) is 25.1 Å². The second-order valence-electron chi connectivity index (χ2n) is 7.25. The Kier molecular flexibility index (Phi) is 5.66. The quantitative estimate of drug-likeness (QED) is 0.671. The van der Waals surface area contributed by atoms with Crippen LogP contribution in [0, 0.1) is 0 Å². The van der Waals surface area contributed by atoms with Crippen LogP contribution in [0.1, 0.15) is 32.0 Å². The SMILES string of the molecule is C[C@@H](CO)Nc1nc(CN2CCCCC2)nc2scc(-c3ccccc3)c12. The van der Waals surface area contributed by atoms with Crippen LogP contribution in [0.4, 0.5) is 5.82 Å². The van der Waals surface area contributed by atoms with Gasteiger partial charge < -0.3 is 10.4 Å². The number of thiophene rings is 1. The van der Waals surface area contributed by atoms with E-state index in [1.54, 1.807) is 11.3 Å². The minimum Gasteiger partial charge on any atom is -0.394 e. The minimum absolute atomic E-state index is 0.0607. The van der Waals surface area contributed by atoms with Crippen LogP contribution >= 0.6 is 11.3 Å². The van der Waals surface area contributed by atoms with Crippen LogP contribution in [0.3, 0.4) is 0 Å². The van der Waals surface area contributed by atoms with Gasteiger partial charge in [-0.2, -0.15) is 0 Å². The second-order valence-corrected chi connectivity index (χ2v) is 8.11. The Labute approximate surface area is 164 Å². The average Bonchev–Trinajstić information content (AvgIpc) is 3.13. The molecule has 0 amide bonds. The molecule has 2 aromatic heterocycles. The van der Waals surface area contributed by atoms with Crippen molar-refractivity contribution in [2.75, 3.05) is 25.0 Å². The number of aromatic nitrogens is 2. The predicted molar refractivity (Wildman–Crippen MR) is 112 cm³/mol. The molecular weight excluding hydrogens is 356 g/mol. The highest BCUT2D eigenvalue weighted by molar-refractivity contribution is 7.17. The molecular formula is C21H26N4OS. The predicted octanol–water partition coefficient (Wildman–Crippen LogP) is 4.14. The Bertz CT molecular complexity index is 890. The topological polar surface area (TPSA) is 61.3 Å². The van der Waals surface area contributed by atoms with Gasteiger partial charge in [-0.15, -0.1) is 11.3 Å². The van der Waals surface area contributed by atoms with Crippen LogP contribution in [-0.2, 0) is 6.54 Å². The number of likely N-dealkylation sites (tertiary alicyclic amines) is 1. The molecule has 1 atom stereocenters. The van der Waals surface area contributed by atoms with Gasteiger partial charge in [-0.25, -0.2) is 9.97 Å². The molecule has 0 radical (unpaired) electrons. The lowest BCUT2D eigenvalue weighted by molar-refractivity contribution is 0.216. The van der Waals surface area contributed by atoms with Crippen molar-refractivity contribution in [1.82, 2.24) is 14.9 Å². The van der Waals surface area contributed by atoms with Gasteiger partial charge in [-0.1, -0.05) is 36.8 Å². The van der Waals surface area contributed by atoms with Crippen molar-refractivity contribution in [1.29, 1.82) is 0 Å². The maximum absolute atomic E-state index is 9.52. The highest BCUT2D eigenvalue weighted by Gasteiger charge is 2.18. The molecule has 3 aromatic rings. The van der Waals surface area contributed by atoms with Crippen LogP contribution in [0.15, 0.2) is 35.7 Å². The van der Waals surface area contributed by atoms with Gasteiger partial charge in [0, 0.05) is 17.0 Å². The summed E-state index contributed by atoms with van der Waals surface area (Å²) in [4.78, 5) is 13.2. The van der Waals surface area contributed by atoms with Crippen LogP contribution < -0.4 is 5.32 Å². The standard InChI is InChI=1S/C21H26N4OS/c1-15(13-26)22-20-19-17(16-8-4-2-5-9-16)14-27-21(19)24-18(23-20)12-25-10-6-3-7-11-25/h2,4-5,8-9,14-15,26H,3,6-7,10-13H2,1H3,(H,22,23,24)/t15-/m0/s1. The molecule has 1 fully saturated rings. The number of fused-ring (bicyclic) bond motifs is 1. The molecule has 142 valence electrons. The van der Waals surface area contributed by atoms with E-state index in [9.17, 15) is 5.11 Å². The summed E-state index contributed by atoms with van der Waals surface area (Å²) in [5.74, 6) is 1.69. The van der Waals surface area contributed by atoms with Gasteiger partial charge >= 0.3 is 0 Å². The van der Waals surface area contributed by atoms with Gasteiger partial charge in [-0.3, -0.25) is 4.90 Å². The Morgan fingerprint density at radius 2 is 1.93 bits per heavy atom. The van der Waals surface area contributed by atoms with E-state index in [4.69, 9.17) is 9.97 Å². The molecule has 5 nitrogen and oxygen atoms in total. The Balaban J connectivity index is 1.75. The molecule has 27 heavy (non-hydrogen) atoms. The number of aliphatic hydroxyl groups excluding tert-OH is 1. The smallest absolute Gasteiger partial charge is 0.146 e. The van der Waals surface area contributed by atoms with Crippen LogP contribution in [0.25, 0.3) is 21.3 Å². The molecule has 0 bridgehead atoms. The number of aliphatic hydroxyl groups is 1. The van der Waals surface area contributed by atoms with E-state index in [-0.39, 0.29) is 12.6 Å². The summed E-state index contributed by atoms with van der Waals surface area (Å²) < 4.78 is 0. The number of hydrogen-bond acceptors (Lipinski definition) is 6. The van der Waals surface area contributed by atoms with E-state index in [0.717, 1.165) is 52.6 Å². The number of nitrogens with zero attached hydrogens (tertiary/aromatic N) is 3. The molecule has 1 aliphatic heterocycles. The van der Waals surface area contributed by atoms with Crippen LogP contribution in [-0.4, -0.2) is 45.7 Å². The lowest BCUT2D eigenvalue weighted by atomic mass is 10.1. The van der Waals surface area contributed by atoms with Crippen molar-refractivity contribution in [2.45, 2.75) is 38.8 Å². The zero-order valence-corrected chi connectivity index (χ0v) is 16.5. The van der Waals surface area contributed by atoms with Crippen molar-refractivity contribution in [3.05, 3.63) is 41.5 Å². The van der Waals surface area contributed by atoms with Gasteiger partial charge in [0.15, 0.2) is 0 Å². The molecule has 6 heteroatoms. The highest BCUT2D eigenvalue weighted by Crippen LogP contribution is 2.37. The van der Waals surface area contributed by atoms with Gasteiger partial charge in [-0.05, 0) is 38.4 Å². The lowest BCUT2D eigenvalue weighted by Gasteiger charge is -2.25. The second kappa shape index (κ2) is 8.33. The number of nitrogens with one attached hydrogen (secondary N) is 1. The summed E-state index contributed by atoms with van der Waals surface area (Å²) in [5.41, 5.74) is 2.31.